The summed E-state index contributed by atoms with van der Waals surface area (Å²) in [5, 5.41) is 8.77. The van der Waals surface area contributed by atoms with Crippen molar-refractivity contribution in [2.24, 2.45) is 0 Å². The first-order chi connectivity index (χ1) is 9.90. The summed E-state index contributed by atoms with van der Waals surface area (Å²) in [5.41, 5.74) is 2.94. The van der Waals surface area contributed by atoms with E-state index in [4.69, 9.17) is 4.42 Å². The lowest BCUT2D eigenvalue weighted by atomic mass is 10.1. The molecule has 0 aliphatic rings. The third-order valence-corrected chi connectivity index (χ3v) is 4.08. The standard InChI is InChI=1S/C16H12N2OS.H2/c1-2-4-14-12(3-1)13-9-11(5-6-15(13)19-14)18-10-16-17-7-8-20-16;/h1-9,18H,10H2;1H. The monoisotopic (exact) mass is 282 g/mol. The van der Waals surface area contributed by atoms with Crippen LogP contribution in [-0.2, 0) is 6.54 Å². The van der Waals surface area contributed by atoms with E-state index in [0.717, 1.165) is 39.2 Å². The topological polar surface area (TPSA) is 38.1 Å². The summed E-state index contributed by atoms with van der Waals surface area (Å²) >= 11 is 1.66. The van der Waals surface area contributed by atoms with Crippen LogP contribution in [0.15, 0.2) is 58.5 Å². The number of nitrogens with one attached hydrogen (secondary N) is 1. The predicted molar refractivity (Wildman–Crippen MR) is 85.3 cm³/mol. The number of rotatable bonds is 3. The quantitative estimate of drug-likeness (QED) is 0.580. The first-order valence-corrected chi connectivity index (χ1v) is 7.32. The largest absolute Gasteiger partial charge is 0.456 e. The minimum Gasteiger partial charge on any atom is -0.456 e. The van der Waals surface area contributed by atoms with Crippen LogP contribution in [0.3, 0.4) is 0 Å². The van der Waals surface area contributed by atoms with E-state index in [9.17, 15) is 0 Å². The molecule has 0 aliphatic heterocycles. The molecule has 0 atom stereocenters. The summed E-state index contributed by atoms with van der Waals surface area (Å²) in [6.07, 6.45) is 1.83. The Labute approximate surface area is 121 Å². The van der Waals surface area contributed by atoms with Crippen molar-refractivity contribution in [2.45, 2.75) is 6.54 Å². The van der Waals surface area contributed by atoms with Crippen molar-refractivity contribution in [3.05, 3.63) is 59.0 Å². The van der Waals surface area contributed by atoms with Crippen LogP contribution < -0.4 is 5.32 Å². The Morgan fingerprint density at radius 1 is 1.10 bits per heavy atom. The van der Waals surface area contributed by atoms with Gasteiger partial charge < -0.3 is 9.73 Å². The van der Waals surface area contributed by atoms with Crippen LogP contribution in [0.4, 0.5) is 5.69 Å². The van der Waals surface area contributed by atoms with Crippen LogP contribution in [0.1, 0.15) is 6.43 Å². The highest BCUT2D eigenvalue weighted by molar-refractivity contribution is 7.09. The van der Waals surface area contributed by atoms with Gasteiger partial charge in [0.15, 0.2) is 0 Å². The maximum Gasteiger partial charge on any atom is 0.135 e. The van der Waals surface area contributed by atoms with E-state index in [0.29, 0.717) is 0 Å². The van der Waals surface area contributed by atoms with E-state index in [1.165, 1.54) is 0 Å². The molecule has 1 N–H and O–H groups in total. The van der Waals surface area contributed by atoms with Crippen LogP contribution in [0.25, 0.3) is 21.9 Å². The molecule has 0 saturated carbocycles. The molecule has 2 heterocycles. The fourth-order valence-corrected chi connectivity index (χ4v) is 2.91. The Hall–Kier alpha value is -2.33. The normalized spacial score (nSPS) is 11.2. The lowest BCUT2D eigenvalue weighted by molar-refractivity contribution is 0.669. The molecule has 20 heavy (non-hydrogen) atoms. The molecule has 0 unspecified atom stereocenters. The second-order valence-electron chi connectivity index (χ2n) is 4.59. The highest BCUT2D eigenvalue weighted by atomic mass is 32.1. The zero-order chi connectivity index (χ0) is 13.4. The zero-order valence-electron chi connectivity index (χ0n) is 10.7. The van der Waals surface area contributed by atoms with Gasteiger partial charge >= 0.3 is 0 Å². The molecule has 0 fully saturated rings. The second-order valence-corrected chi connectivity index (χ2v) is 5.57. The van der Waals surface area contributed by atoms with E-state index >= 15 is 0 Å². The molecule has 2 aromatic carbocycles. The van der Waals surface area contributed by atoms with Gasteiger partial charge in [0.05, 0.1) is 6.54 Å². The number of para-hydroxylation sites is 1. The van der Waals surface area contributed by atoms with Gasteiger partial charge in [-0.3, -0.25) is 0 Å². The van der Waals surface area contributed by atoms with Crippen LogP contribution in [0, 0.1) is 0 Å². The average molecular weight is 282 g/mol. The lowest BCUT2D eigenvalue weighted by Gasteiger charge is -2.03. The predicted octanol–water partition coefficient (Wildman–Crippen LogP) is 4.90. The van der Waals surface area contributed by atoms with Gasteiger partial charge in [0, 0.05) is 29.5 Å². The molecule has 0 saturated heterocycles. The molecular formula is C16H14N2OS. The Morgan fingerprint density at radius 3 is 2.90 bits per heavy atom. The van der Waals surface area contributed by atoms with Crippen LogP contribution in [0.2, 0.25) is 0 Å². The van der Waals surface area contributed by atoms with Gasteiger partial charge in [-0.05, 0) is 24.3 Å². The van der Waals surface area contributed by atoms with Crippen LogP contribution in [-0.4, -0.2) is 4.98 Å². The number of hydrogen-bond donors (Lipinski definition) is 1. The second kappa shape index (κ2) is 4.65. The number of anilines is 1. The molecular weight excluding hydrogens is 268 g/mol. The molecule has 3 nitrogen and oxygen atoms in total. The Kier molecular flexibility index (Phi) is 2.67. The zero-order valence-corrected chi connectivity index (χ0v) is 11.5. The molecule has 0 amide bonds. The van der Waals surface area contributed by atoms with Crippen molar-refractivity contribution in [1.29, 1.82) is 0 Å². The van der Waals surface area contributed by atoms with E-state index in [1.807, 2.05) is 41.9 Å². The first-order valence-electron chi connectivity index (χ1n) is 6.44. The van der Waals surface area contributed by atoms with Gasteiger partial charge in [-0.15, -0.1) is 11.3 Å². The number of thiazole rings is 1. The molecule has 2 aromatic heterocycles. The number of fused-ring (bicyclic) bond motifs is 3. The molecule has 0 bridgehead atoms. The number of hydrogen-bond acceptors (Lipinski definition) is 4. The van der Waals surface area contributed by atoms with Gasteiger partial charge in [0.25, 0.3) is 0 Å². The van der Waals surface area contributed by atoms with Gasteiger partial charge in [0.1, 0.15) is 16.2 Å². The highest BCUT2D eigenvalue weighted by Crippen LogP contribution is 2.30. The first kappa shape index (κ1) is 11.5. The van der Waals surface area contributed by atoms with Crippen molar-refractivity contribution in [3.8, 4) is 0 Å². The number of nitrogens with zero attached hydrogens (tertiary/aromatic N) is 1. The fraction of sp³-hybridized carbons (Fsp3) is 0.0625. The fourth-order valence-electron chi connectivity index (χ4n) is 2.35. The number of benzene rings is 2. The van der Waals surface area contributed by atoms with Crippen molar-refractivity contribution < 1.29 is 5.84 Å². The van der Waals surface area contributed by atoms with E-state index in [1.54, 1.807) is 11.3 Å². The smallest absolute Gasteiger partial charge is 0.135 e. The minimum atomic E-state index is 0. The van der Waals surface area contributed by atoms with Crippen molar-refractivity contribution in [3.63, 3.8) is 0 Å². The van der Waals surface area contributed by atoms with E-state index in [-0.39, 0.29) is 1.43 Å². The van der Waals surface area contributed by atoms with Crippen LogP contribution in [0.5, 0.6) is 0 Å². The highest BCUT2D eigenvalue weighted by Gasteiger charge is 2.06. The number of furan rings is 1. The van der Waals surface area contributed by atoms with Crippen molar-refractivity contribution >= 4 is 39.0 Å². The van der Waals surface area contributed by atoms with Gasteiger partial charge in [-0.2, -0.15) is 0 Å². The maximum absolute atomic E-state index is 5.82. The summed E-state index contributed by atoms with van der Waals surface area (Å²) in [6, 6.07) is 14.3. The Bertz CT molecular complexity index is 870. The number of aromatic nitrogens is 1. The summed E-state index contributed by atoms with van der Waals surface area (Å²) in [7, 11) is 0. The average Bonchev–Trinajstić information content (AvgIpc) is 3.12. The lowest BCUT2D eigenvalue weighted by Crippen LogP contribution is -1.98. The van der Waals surface area contributed by atoms with Crippen molar-refractivity contribution in [2.75, 3.05) is 5.32 Å². The molecule has 0 aliphatic carbocycles. The Morgan fingerprint density at radius 2 is 2.00 bits per heavy atom. The SMILES string of the molecule is [HH].c1ccc2c(c1)oc1ccc(NCc3nccs3)cc12. The summed E-state index contributed by atoms with van der Waals surface area (Å²) in [6.45, 7) is 0.749. The molecule has 4 heteroatoms. The van der Waals surface area contributed by atoms with Gasteiger partial charge in [-0.25, -0.2) is 4.98 Å². The third-order valence-electron chi connectivity index (χ3n) is 3.30. The van der Waals surface area contributed by atoms with Crippen LogP contribution >= 0.6 is 11.3 Å². The van der Waals surface area contributed by atoms with E-state index in [2.05, 4.69) is 22.4 Å². The molecule has 0 radical (unpaired) electrons. The maximum atomic E-state index is 5.82. The molecule has 0 spiro atoms. The summed E-state index contributed by atoms with van der Waals surface area (Å²) in [4.78, 5) is 4.27. The minimum absolute atomic E-state index is 0. The molecule has 100 valence electrons. The third kappa shape index (κ3) is 1.94. The summed E-state index contributed by atoms with van der Waals surface area (Å²) in [5.74, 6) is 0. The van der Waals surface area contributed by atoms with E-state index < -0.39 is 0 Å². The summed E-state index contributed by atoms with van der Waals surface area (Å²) < 4.78 is 5.82. The molecule has 4 aromatic rings. The Balaban J connectivity index is 0.00000132. The van der Waals surface area contributed by atoms with Crippen molar-refractivity contribution in [1.82, 2.24) is 4.98 Å². The van der Waals surface area contributed by atoms with Gasteiger partial charge in [0.2, 0.25) is 0 Å². The molecule has 4 rings (SSSR count). The van der Waals surface area contributed by atoms with Gasteiger partial charge in [-0.1, -0.05) is 18.2 Å².